The molecule has 0 saturated heterocycles. The van der Waals surface area contributed by atoms with Crippen molar-refractivity contribution in [1.29, 1.82) is 5.26 Å². The molecule has 3 aromatic rings. The second-order valence-corrected chi connectivity index (χ2v) is 7.63. The molecule has 1 heterocycles. The fourth-order valence-corrected chi connectivity index (χ4v) is 3.86. The largest absolute Gasteiger partial charge is 0.316 e. The van der Waals surface area contributed by atoms with Crippen LogP contribution in [-0.2, 0) is 4.79 Å². The molecule has 1 amide bonds. The van der Waals surface area contributed by atoms with E-state index in [1.807, 2.05) is 67.6 Å². The van der Waals surface area contributed by atoms with Gasteiger partial charge in [0.15, 0.2) is 0 Å². The first kappa shape index (κ1) is 19.5. The van der Waals surface area contributed by atoms with Gasteiger partial charge in [-0.25, -0.2) is 4.98 Å². The van der Waals surface area contributed by atoms with Crippen molar-refractivity contribution >= 4 is 27.8 Å². The van der Waals surface area contributed by atoms with Gasteiger partial charge in [-0.3, -0.25) is 4.79 Å². The van der Waals surface area contributed by atoms with Crippen molar-refractivity contribution in [2.45, 2.75) is 26.7 Å². The van der Waals surface area contributed by atoms with Crippen molar-refractivity contribution in [3.05, 3.63) is 76.8 Å². The summed E-state index contributed by atoms with van der Waals surface area (Å²) < 4.78 is 0. The molecule has 1 atom stereocenters. The van der Waals surface area contributed by atoms with Gasteiger partial charge in [-0.2, -0.15) is 5.26 Å². The molecule has 1 aromatic heterocycles. The molecule has 28 heavy (non-hydrogen) atoms. The summed E-state index contributed by atoms with van der Waals surface area (Å²) in [5, 5.41) is 13.8. The third-order valence-corrected chi connectivity index (χ3v) is 5.34. The van der Waals surface area contributed by atoms with Gasteiger partial charge >= 0.3 is 0 Å². The van der Waals surface area contributed by atoms with Gasteiger partial charge < -0.3 is 5.32 Å². The summed E-state index contributed by atoms with van der Waals surface area (Å²) in [6, 6.07) is 20.2. The maximum atomic E-state index is 11.7. The normalized spacial score (nSPS) is 12.3. The van der Waals surface area contributed by atoms with Crippen LogP contribution in [0.3, 0.4) is 0 Å². The number of hydrogen-bond donors (Lipinski definition) is 1. The van der Waals surface area contributed by atoms with Crippen LogP contribution in [0.4, 0.5) is 5.00 Å². The Morgan fingerprint density at radius 2 is 1.86 bits per heavy atom. The zero-order valence-electron chi connectivity index (χ0n) is 16.1. The number of thiazole rings is 1. The van der Waals surface area contributed by atoms with E-state index in [1.165, 1.54) is 18.3 Å². The molecule has 0 fully saturated rings. The van der Waals surface area contributed by atoms with Gasteiger partial charge in [-0.05, 0) is 12.5 Å². The van der Waals surface area contributed by atoms with Crippen molar-refractivity contribution in [3.8, 4) is 17.3 Å². The van der Waals surface area contributed by atoms with E-state index in [4.69, 9.17) is 4.98 Å². The highest BCUT2D eigenvalue weighted by Gasteiger charge is 2.17. The Kier molecular flexibility index (Phi) is 6.03. The lowest BCUT2D eigenvalue weighted by molar-refractivity contribution is -0.114. The molecule has 2 aromatic carbocycles. The van der Waals surface area contributed by atoms with Crippen molar-refractivity contribution < 1.29 is 4.79 Å². The quantitative estimate of drug-likeness (QED) is 0.564. The molecule has 1 unspecified atom stereocenters. The van der Waals surface area contributed by atoms with E-state index in [0.29, 0.717) is 21.3 Å². The van der Waals surface area contributed by atoms with Gasteiger partial charge in [0.25, 0.3) is 0 Å². The summed E-state index contributed by atoms with van der Waals surface area (Å²) in [5.41, 5.74) is 4.38. The van der Waals surface area contributed by atoms with Gasteiger partial charge in [0.1, 0.15) is 21.8 Å². The van der Waals surface area contributed by atoms with Gasteiger partial charge in [-0.15, -0.1) is 0 Å². The average molecular weight is 388 g/mol. The van der Waals surface area contributed by atoms with E-state index in [1.54, 1.807) is 0 Å². The van der Waals surface area contributed by atoms with E-state index in [-0.39, 0.29) is 11.8 Å². The molecule has 0 aliphatic heterocycles. The fraction of sp³-hybridized carbons (Fsp3) is 0.174. The summed E-state index contributed by atoms with van der Waals surface area (Å²) in [4.78, 5) is 16.3. The molecule has 0 aliphatic carbocycles. The van der Waals surface area contributed by atoms with Crippen LogP contribution in [0.15, 0.2) is 60.7 Å². The molecule has 0 spiro atoms. The Morgan fingerprint density at radius 3 is 2.46 bits per heavy atom. The summed E-state index contributed by atoms with van der Waals surface area (Å²) in [6.07, 6.45) is 1.92. The van der Waals surface area contributed by atoms with Crippen LogP contribution in [0.2, 0.25) is 0 Å². The number of allylic oxidation sites excluding steroid dienone is 2. The fourth-order valence-electron chi connectivity index (χ4n) is 2.85. The number of nitrogens with zero attached hydrogens (tertiary/aromatic N) is 2. The predicted octanol–water partition coefficient (Wildman–Crippen LogP) is 5.79. The van der Waals surface area contributed by atoms with E-state index in [2.05, 4.69) is 18.3 Å². The van der Waals surface area contributed by atoms with Gasteiger partial charge in [-0.1, -0.05) is 84.5 Å². The lowest BCUT2D eigenvalue weighted by Gasteiger charge is -2.06. The van der Waals surface area contributed by atoms with Gasteiger partial charge in [0.05, 0.1) is 5.57 Å². The molecule has 0 aliphatic rings. The molecule has 0 radical (unpaired) electrons. The highest BCUT2D eigenvalue weighted by atomic mass is 32.1. The highest BCUT2D eigenvalue weighted by molar-refractivity contribution is 7.17. The van der Waals surface area contributed by atoms with E-state index < -0.39 is 0 Å². The highest BCUT2D eigenvalue weighted by Crippen LogP contribution is 2.37. The SMILES string of the molecule is CC(=O)Nc1sc(/C(C#N)=C/C(C)c2ccccc2)nc1-c1ccc(C)cc1. The minimum Gasteiger partial charge on any atom is -0.316 e. The van der Waals surface area contributed by atoms with Gasteiger partial charge in [0, 0.05) is 18.4 Å². The Bertz CT molecular complexity index is 1040. The third kappa shape index (κ3) is 4.54. The maximum Gasteiger partial charge on any atom is 0.221 e. The number of anilines is 1. The van der Waals surface area contributed by atoms with E-state index >= 15 is 0 Å². The Balaban J connectivity index is 2.02. The number of carbonyl (C=O) groups excluding carboxylic acids is 1. The number of amides is 1. The van der Waals surface area contributed by atoms with Crippen LogP contribution in [0.5, 0.6) is 0 Å². The molecule has 1 N–H and O–H groups in total. The maximum absolute atomic E-state index is 11.7. The summed E-state index contributed by atoms with van der Waals surface area (Å²) in [5.74, 6) is -0.0875. The first-order chi connectivity index (χ1) is 13.5. The molecule has 3 rings (SSSR count). The number of rotatable bonds is 5. The number of hydrogen-bond acceptors (Lipinski definition) is 4. The molecular formula is C23H21N3OS. The van der Waals surface area contributed by atoms with Crippen LogP contribution in [0, 0.1) is 18.3 Å². The average Bonchev–Trinajstić information content (AvgIpc) is 3.10. The van der Waals surface area contributed by atoms with Crippen molar-refractivity contribution in [1.82, 2.24) is 4.98 Å². The van der Waals surface area contributed by atoms with Crippen molar-refractivity contribution in [2.24, 2.45) is 0 Å². The number of aryl methyl sites for hydroxylation is 1. The second-order valence-electron chi connectivity index (χ2n) is 6.64. The lowest BCUT2D eigenvalue weighted by atomic mass is 9.99. The van der Waals surface area contributed by atoms with Crippen molar-refractivity contribution in [3.63, 3.8) is 0 Å². The third-order valence-electron chi connectivity index (χ3n) is 4.33. The molecule has 4 nitrogen and oxygen atoms in total. The van der Waals surface area contributed by atoms with E-state index in [9.17, 15) is 10.1 Å². The minimum atomic E-state index is -0.163. The van der Waals surface area contributed by atoms with Crippen LogP contribution < -0.4 is 5.32 Å². The second kappa shape index (κ2) is 8.64. The molecular weight excluding hydrogens is 366 g/mol. The summed E-state index contributed by atoms with van der Waals surface area (Å²) in [6.45, 7) is 5.54. The van der Waals surface area contributed by atoms with Gasteiger partial charge in [0.2, 0.25) is 5.91 Å². The zero-order valence-corrected chi connectivity index (χ0v) is 16.9. The number of carbonyl (C=O) groups is 1. The number of nitriles is 1. The lowest BCUT2D eigenvalue weighted by Crippen LogP contribution is -2.05. The smallest absolute Gasteiger partial charge is 0.221 e. The van der Waals surface area contributed by atoms with Crippen LogP contribution >= 0.6 is 11.3 Å². The summed E-state index contributed by atoms with van der Waals surface area (Å²) >= 11 is 1.32. The standard InChI is InChI=1S/C23H21N3OS/c1-15-9-11-19(12-10-15)21-23(25-17(3)27)28-22(26-21)20(14-24)13-16(2)18-7-5-4-6-8-18/h4-13,16H,1-3H3,(H,25,27)/b20-13+. The Hall–Kier alpha value is -3.23. The van der Waals surface area contributed by atoms with E-state index in [0.717, 1.165) is 16.7 Å². The number of nitrogens with one attached hydrogen (secondary N) is 1. The molecule has 0 bridgehead atoms. The number of aromatic nitrogens is 1. The molecule has 140 valence electrons. The minimum absolute atomic E-state index is 0.0757. The predicted molar refractivity (Wildman–Crippen MR) is 115 cm³/mol. The molecule has 5 heteroatoms. The first-order valence-corrected chi connectivity index (χ1v) is 9.82. The topological polar surface area (TPSA) is 65.8 Å². The molecule has 0 saturated carbocycles. The number of benzene rings is 2. The zero-order chi connectivity index (χ0) is 20.1. The van der Waals surface area contributed by atoms with Crippen molar-refractivity contribution in [2.75, 3.05) is 5.32 Å². The first-order valence-electron chi connectivity index (χ1n) is 9.00. The monoisotopic (exact) mass is 387 g/mol. The van der Waals surface area contributed by atoms with Crippen LogP contribution in [0.1, 0.15) is 35.9 Å². The Labute approximate surface area is 169 Å². The van der Waals surface area contributed by atoms with Crippen LogP contribution in [-0.4, -0.2) is 10.9 Å². The Morgan fingerprint density at radius 1 is 1.18 bits per heavy atom. The summed E-state index contributed by atoms with van der Waals surface area (Å²) in [7, 11) is 0. The van der Waals surface area contributed by atoms with Crippen LogP contribution in [0.25, 0.3) is 16.8 Å².